The Hall–Kier alpha value is -1.88. The van der Waals surface area contributed by atoms with Crippen LogP contribution >= 0.6 is 0 Å². The van der Waals surface area contributed by atoms with Crippen LogP contribution in [0.25, 0.3) is 0 Å². The molecule has 0 heterocycles. The molecule has 2 aromatic rings. The molecule has 0 N–H and O–H groups in total. The summed E-state index contributed by atoms with van der Waals surface area (Å²) < 4.78 is 39.8. The summed E-state index contributed by atoms with van der Waals surface area (Å²) in [5.74, 6) is -0.453. The Balaban J connectivity index is 2.52. The van der Waals surface area contributed by atoms with Gasteiger partial charge >= 0.3 is 0 Å². The third kappa shape index (κ3) is 3.08. The SMILES string of the molecule is CCc1ccccc1N(CC)S(=O)(=O)c1ccc(F)cc1. The van der Waals surface area contributed by atoms with Gasteiger partial charge in [-0.25, -0.2) is 12.8 Å². The quantitative estimate of drug-likeness (QED) is 0.846. The summed E-state index contributed by atoms with van der Waals surface area (Å²) in [5.41, 5.74) is 1.64. The summed E-state index contributed by atoms with van der Waals surface area (Å²) >= 11 is 0. The lowest BCUT2D eigenvalue weighted by molar-refractivity contribution is 0.590. The number of nitrogens with zero attached hydrogens (tertiary/aromatic N) is 1. The van der Waals surface area contributed by atoms with Gasteiger partial charge in [-0.1, -0.05) is 25.1 Å². The van der Waals surface area contributed by atoms with Crippen LogP contribution in [-0.2, 0) is 16.4 Å². The van der Waals surface area contributed by atoms with E-state index in [1.807, 2.05) is 25.1 Å². The molecule has 0 spiro atoms. The highest BCUT2D eigenvalue weighted by Gasteiger charge is 2.24. The highest BCUT2D eigenvalue weighted by molar-refractivity contribution is 7.92. The first-order valence-electron chi connectivity index (χ1n) is 6.87. The van der Waals surface area contributed by atoms with Crippen molar-refractivity contribution in [3.05, 3.63) is 59.9 Å². The minimum absolute atomic E-state index is 0.0941. The lowest BCUT2D eigenvalue weighted by Gasteiger charge is -2.25. The molecular formula is C16H18FNO2S. The van der Waals surface area contributed by atoms with E-state index in [2.05, 4.69) is 0 Å². The van der Waals surface area contributed by atoms with Gasteiger partial charge in [0.1, 0.15) is 5.82 Å². The zero-order valence-corrected chi connectivity index (χ0v) is 12.9. The largest absolute Gasteiger partial charge is 0.266 e. The highest BCUT2D eigenvalue weighted by Crippen LogP contribution is 2.27. The molecule has 0 radical (unpaired) electrons. The van der Waals surface area contributed by atoms with Crippen molar-refractivity contribution in [2.75, 3.05) is 10.8 Å². The molecule has 0 unspecified atom stereocenters. The second-order valence-electron chi connectivity index (χ2n) is 4.61. The van der Waals surface area contributed by atoms with Crippen LogP contribution in [-0.4, -0.2) is 15.0 Å². The second kappa shape index (κ2) is 6.26. The maximum Gasteiger partial charge on any atom is 0.264 e. The number of anilines is 1. The number of para-hydroxylation sites is 1. The summed E-state index contributed by atoms with van der Waals surface area (Å²) in [6.45, 7) is 4.08. The Labute approximate surface area is 125 Å². The Kier molecular flexibility index (Phi) is 4.63. The summed E-state index contributed by atoms with van der Waals surface area (Å²) in [7, 11) is -3.69. The van der Waals surface area contributed by atoms with Crippen molar-refractivity contribution in [1.29, 1.82) is 0 Å². The van der Waals surface area contributed by atoms with E-state index in [9.17, 15) is 12.8 Å². The number of halogens is 1. The van der Waals surface area contributed by atoms with Gasteiger partial charge in [-0.05, 0) is 49.2 Å². The van der Waals surface area contributed by atoms with Gasteiger partial charge in [0.15, 0.2) is 0 Å². The van der Waals surface area contributed by atoms with Gasteiger partial charge in [0, 0.05) is 6.54 Å². The standard InChI is InChI=1S/C16H18FNO2S/c1-3-13-7-5-6-8-16(13)18(4-2)21(19,20)15-11-9-14(17)10-12-15/h5-12H,3-4H2,1-2H3. The first kappa shape index (κ1) is 15.5. The summed E-state index contributed by atoms with van der Waals surface area (Å²) in [4.78, 5) is 0.0941. The molecular weight excluding hydrogens is 289 g/mol. The predicted octanol–water partition coefficient (Wildman–Crippen LogP) is 3.60. The monoisotopic (exact) mass is 307 g/mol. The maximum atomic E-state index is 13.0. The van der Waals surface area contributed by atoms with Crippen molar-refractivity contribution in [3.8, 4) is 0 Å². The van der Waals surface area contributed by atoms with E-state index >= 15 is 0 Å². The fraction of sp³-hybridized carbons (Fsp3) is 0.250. The van der Waals surface area contributed by atoms with Crippen LogP contribution in [0.15, 0.2) is 53.4 Å². The van der Waals surface area contributed by atoms with Crippen LogP contribution in [0.1, 0.15) is 19.4 Å². The van der Waals surface area contributed by atoms with E-state index in [-0.39, 0.29) is 4.90 Å². The Morgan fingerprint density at radius 2 is 1.62 bits per heavy atom. The van der Waals surface area contributed by atoms with Crippen molar-refractivity contribution in [2.24, 2.45) is 0 Å². The van der Waals surface area contributed by atoms with E-state index in [0.29, 0.717) is 12.2 Å². The van der Waals surface area contributed by atoms with Gasteiger partial charge in [0.05, 0.1) is 10.6 Å². The van der Waals surface area contributed by atoms with Gasteiger partial charge in [-0.2, -0.15) is 0 Å². The highest BCUT2D eigenvalue weighted by atomic mass is 32.2. The van der Waals surface area contributed by atoms with Gasteiger partial charge in [0.25, 0.3) is 10.0 Å². The molecule has 0 saturated heterocycles. The summed E-state index contributed by atoms with van der Waals surface area (Å²) in [5, 5.41) is 0. The number of hydrogen-bond acceptors (Lipinski definition) is 2. The Bertz CT molecular complexity index is 711. The minimum atomic E-state index is -3.69. The number of sulfonamides is 1. The summed E-state index contributed by atoms with van der Waals surface area (Å²) in [6, 6.07) is 12.3. The van der Waals surface area contributed by atoms with Crippen molar-refractivity contribution < 1.29 is 12.8 Å². The molecule has 0 aliphatic rings. The second-order valence-corrected chi connectivity index (χ2v) is 6.47. The normalized spacial score (nSPS) is 11.4. The molecule has 5 heteroatoms. The maximum absolute atomic E-state index is 13.0. The average molecular weight is 307 g/mol. The predicted molar refractivity (Wildman–Crippen MR) is 82.4 cm³/mol. The first-order valence-corrected chi connectivity index (χ1v) is 8.31. The van der Waals surface area contributed by atoms with Crippen molar-refractivity contribution in [3.63, 3.8) is 0 Å². The van der Waals surface area contributed by atoms with Gasteiger partial charge < -0.3 is 0 Å². The first-order chi connectivity index (χ1) is 10.0. The molecule has 0 saturated carbocycles. The van der Waals surface area contributed by atoms with Crippen LogP contribution in [0.5, 0.6) is 0 Å². The third-order valence-electron chi connectivity index (χ3n) is 3.33. The molecule has 0 amide bonds. The van der Waals surface area contributed by atoms with E-state index in [1.54, 1.807) is 13.0 Å². The molecule has 0 fully saturated rings. The lowest BCUT2D eigenvalue weighted by Crippen LogP contribution is -2.31. The van der Waals surface area contributed by atoms with Crippen LogP contribution < -0.4 is 4.31 Å². The average Bonchev–Trinajstić information content (AvgIpc) is 2.48. The molecule has 112 valence electrons. The number of aryl methyl sites for hydroxylation is 1. The van der Waals surface area contributed by atoms with E-state index in [4.69, 9.17) is 0 Å². The molecule has 0 aliphatic carbocycles. The molecule has 0 aromatic heterocycles. The zero-order valence-electron chi connectivity index (χ0n) is 12.1. The van der Waals surface area contributed by atoms with Crippen LogP contribution in [0.2, 0.25) is 0 Å². The number of rotatable bonds is 5. The van der Waals surface area contributed by atoms with Gasteiger partial charge in [0.2, 0.25) is 0 Å². The smallest absolute Gasteiger partial charge is 0.264 e. The topological polar surface area (TPSA) is 37.4 Å². The van der Waals surface area contributed by atoms with Crippen molar-refractivity contribution in [1.82, 2.24) is 0 Å². The molecule has 2 aromatic carbocycles. The summed E-state index contributed by atoms with van der Waals surface area (Å²) in [6.07, 6.45) is 0.742. The van der Waals surface area contributed by atoms with Gasteiger partial charge in [-0.3, -0.25) is 4.31 Å². The fourth-order valence-electron chi connectivity index (χ4n) is 2.26. The number of hydrogen-bond donors (Lipinski definition) is 0. The van der Waals surface area contributed by atoms with E-state index < -0.39 is 15.8 Å². The van der Waals surface area contributed by atoms with Crippen LogP contribution in [0, 0.1) is 5.82 Å². The molecule has 3 nitrogen and oxygen atoms in total. The minimum Gasteiger partial charge on any atom is -0.266 e. The van der Waals surface area contributed by atoms with E-state index in [1.165, 1.54) is 16.4 Å². The zero-order chi connectivity index (χ0) is 15.5. The van der Waals surface area contributed by atoms with Crippen molar-refractivity contribution >= 4 is 15.7 Å². The Morgan fingerprint density at radius 3 is 2.19 bits per heavy atom. The Morgan fingerprint density at radius 1 is 1.00 bits per heavy atom. The lowest BCUT2D eigenvalue weighted by atomic mass is 10.1. The van der Waals surface area contributed by atoms with Crippen LogP contribution in [0.3, 0.4) is 0 Å². The van der Waals surface area contributed by atoms with Gasteiger partial charge in [-0.15, -0.1) is 0 Å². The number of benzene rings is 2. The molecule has 2 rings (SSSR count). The molecule has 0 bridgehead atoms. The molecule has 0 aliphatic heterocycles. The van der Waals surface area contributed by atoms with Crippen LogP contribution in [0.4, 0.5) is 10.1 Å². The van der Waals surface area contributed by atoms with Crippen molar-refractivity contribution in [2.45, 2.75) is 25.2 Å². The molecule has 21 heavy (non-hydrogen) atoms. The third-order valence-corrected chi connectivity index (χ3v) is 5.23. The van der Waals surface area contributed by atoms with E-state index in [0.717, 1.165) is 24.1 Å². The molecule has 0 atom stereocenters. The fourth-order valence-corrected chi connectivity index (χ4v) is 3.77.